The molecule has 1 aromatic heterocycles. The van der Waals surface area contributed by atoms with E-state index in [-0.39, 0.29) is 35.5 Å². The Balaban J connectivity index is 1.62. The zero-order valence-corrected chi connectivity index (χ0v) is 15.9. The van der Waals surface area contributed by atoms with Crippen LogP contribution in [0.2, 0.25) is 0 Å². The third-order valence-corrected chi connectivity index (χ3v) is 5.70. The van der Waals surface area contributed by atoms with Gasteiger partial charge in [-0.3, -0.25) is 9.59 Å². The van der Waals surface area contributed by atoms with E-state index in [0.29, 0.717) is 32.7 Å². The quantitative estimate of drug-likeness (QED) is 0.577. The Morgan fingerprint density at radius 1 is 1.27 bits per heavy atom. The fraction of sp³-hybridized carbons (Fsp3) is 0.650. The summed E-state index contributed by atoms with van der Waals surface area (Å²) in [7, 11) is 0. The van der Waals surface area contributed by atoms with Gasteiger partial charge in [-0.05, 0) is 24.7 Å². The van der Waals surface area contributed by atoms with E-state index >= 15 is 0 Å². The van der Waals surface area contributed by atoms with Crippen molar-refractivity contribution in [3.05, 3.63) is 30.4 Å². The lowest BCUT2D eigenvalue weighted by molar-refractivity contribution is -0.152. The summed E-state index contributed by atoms with van der Waals surface area (Å²) >= 11 is 0. The predicted octanol–water partition coefficient (Wildman–Crippen LogP) is 2.30. The van der Waals surface area contributed by atoms with Crippen molar-refractivity contribution >= 4 is 11.9 Å². The van der Waals surface area contributed by atoms with Crippen LogP contribution in [0.5, 0.6) is 0 Å². The van der Waals surface area contributed by atoms with Gasteiger partial charge in [0.25, 0.3) is 0 Å². The molecule has 142 valence electrons. The maximum atomic E-state index is 12.7. The molecule has 2 heterocycles. The van der Waals surface area contributed by atoms with Crippen LogP contribution in [0.25, 0.3) is 0 Å². The molecule has 1 saturated heterocycles. The summed E-state index contributed by atoms with van der Waals surface area (Å²) in [5.74, 6) is 1.46. The fourth-order valence-electron chi connectivity index (χ4n) is 4.33. The number of imidazole rings is 1. The number of carbonyl (C=O) groups excluding carboxylic acids is 2. The summed E-state index contributed by atoms with van der Waals surface area (Å²) in [6.07, 6.45) is 9.32. The summed E-state index contributed by atoms with van der Waals surface area (Å²) < 4.78 is 7.34. The number of fused-ring (bicyclic) bond motifs is 1. The first-order valence-electron chi connectivity index (χ1n) is 9.67. The molecule has 0 spiro atoms. The molecule has 1 fully saturated rings. The van der Waals surface area contributed by atoms with Crippen LogP contribution < -0.4 is 0 Å². The van der Waals surface area contributed by atoms with Crippen molar-refractivity contribution in [2.45, 2.75) is 40.2 Å². The molecule has 0 radical (unpaired) electrons. The Labute approximate surface area is 155 Å². The van der Waals surface area contributed by atoms with Gasteiger partial charge in [0.15, 0.2) is 0 Å². The summed E-state index contributed by atoms with van der Waals surface area (Å²) in [4.78, 5) is 31.4. The monoisotopic (exact) mass is 359 g/mol. The minimum absolute atomic E-state index is 0.125. The van der Waals surface area contributed by atoms with Crippen molar-refractivity contribution < 1.29 is 14.3 Å². The van der Waals surface area contributed by atoms with Crippen LogP contribution >= 0.6 is 0 Å². The third-order valence-electron chi connectivity index (χ3n) is 5.70. The number of amides is 1. The van der Waals surface area contributed by atoms with Crippen molar-refractivity contribution in [3.63, 3.8) is 0 Å². The molecular weight excluding hydrogens is 330 g/mol. The highest BCUT2D eigenvalue weighted by atomic mass is 16.5. The lowest BCUT2D eigenvalue weighted by atomic mass is 9.72. The van der Waals surface area contributed by atoms with Gasteiger partial charge in [0.2, 0.25) is 5.91 Å². The molecule has 1 aliphatic carbocycles. The van der Waals surface area contributed by atoms with Crippen LogP contribution in [-0.2, 0) is 27.3 Å². The molecule has 1 aromatic rings. The van der Waals surface area contributed by atoms with E-state index < -0.39 is 0 Å². The zero-order chi connectivity index (χ0) is 18.7. The van der Waals surface area contributed by atoms with Gasteiger partial charge in [-0.2, -0.15) is 0 Å². The van der Waals surface area contributed by atoms with Gasteiger partial charge in [0.05, 0.1) is 12.5 Å². The van der Waals surface area contributed by atoms with E-state index in [0.717, 1.165) is 12.2 Å². The molecule has 1 amide bonds. The van der Waals surface area contributed by atoms with Gasteiger partial charge in [-0.1, -0.05) is 26.0 Å². The van der Waals surface area contributed by atoms with E-state index in [4.69, 9.17) is 4.74 Å². The van der Waals surface area contributed by atoms with Gasteiger partial charge >= 0.3 is 5.97 Å². The summed E-state index contributed by atoms with van der Waals surface area (Å²) in [5, 5.41) is 0. The maximum absolute atomic E-state index is 12.7. The summed E-state index contributed by atoms with van der Waals surface area (Å²) in [6.45, 7) is 8.36. The van der Waals surface area contributed by atoms with Crippen molar-refractivity contribution in [1.82, 2.24) is 14.5 Å². The van der Waals surface area contributed by atoms with Gasteiger partial charge in [0, 0.05) is 44.9 Å². The molecule has 1 aliphatic heterocycles. The van der Waals surface area contributed by atoms with Gasteiger partial charge in [-0.15, -0.1) is 0 Å². The van der Waals surface area contributed by atoms with Crippen LogP contribution in [0, 0.1) is 23.7 Å². The third kappa shape index (κ3) is 3.69. The average Bonchev–Trinajstić information content (AvgIpc) is 3.25. The number of likely N-dealkylation sites (tertiary alicyclic amines) is 1. The molecule has 0 saturated carbocycles. The van der Waals surface area contributed by atoms with Crippen LogP contribution in [-0.4, -0.2) is 46.0 Å². The second kappa shape index (κ2) is 8.06. The minimum atomic E-state index is -0.150. The molecule has 6 heteroatoms. The second-order valence-corrected chi connectivity index (χ2v) is 7.29. The van der Waals surface area contributed by atoms with E-state index in [1.165, 1.54) is 0 Å². The van der Waals surface area contributed by atoms with Crippen molar-refractivity contribution in [2.75, 3.05) is 19.7 Å². The average molecular weight is 359 g/mol. The summed E-state index contributed by atoms with van der Waals surface area (Å²) in [6, 6.07) is 0. The standard InChI is InChI=1S/C20H29N3O3/c1-4-17-21-9-11-22(17)10-8-18(24)23-12-15-7-6-14(3)19(16(15)13-23)20(25)26-5-2/h6-7,9,11,14-16,19H,4-5,8,10,12-13H2,1-3H3/t14-,15-,16-,19-/m0/s1. The van der Waals surface area contributed by atoms with Gasteiger partial charge < -0.3 is 14.2 Å². The molecule has 2 aliphatic rings. The highest BCUT2D eigenvalue weighted by Crippen LogP contribution is 2.40. The van der Waals surface area contributed by atoms with Crippen molar-refractivity contribution in [2.24, 2.45) is 23.7 Å². The molecule has 0 aromatic carbocycles. The Morgan fingerprint density at radius 2 is 2.08 bits per heavy atom. The van der Waals surface area contributed by atoms with E-state index in [2.05, 4.69) is 31.0 Å². The second-order valence-electron chi connectivity index (χ2n) is 7.29. The van der Waals surface area contributed by atoms with Gasteiger partial charge in [0.1, 0.15) is 5.82 Å². The number of carbonyl (C=O) groups is 2. The highest BCUT2D eigenvalue weighted by Gasteiger charge is 2.45. The highest BCUT2D eigenvalue weighted by molar-refractivity contribution is 5.77. The topological polar surface area (TPSA) is 64.4 Å². The maximum Gasteiger partial charge on any atom is 0.309 e. The number of aryl methyl sites for hydroxylation is 2. The fourth-order valence-corrected chi connectivity index (χ4v) is 4.33. The van der Waals surface area contributed by atoms with Crippen LogP contribution in [0.1, 0.15) is 33.0 Å². The minimum Gasteiger partial charge on any atom is -0.466 e. The van der Waals surface area contributed by atoms with Crippen LogP contribution in [0.4, 0.5) is 0 Å². The molecule has 0 unspecified atom stereocenters. The molecule has 0 N–H and O–H groups in total. The Bertz CT molecular complexity index is 682. The Hall–Kier alpha value is -2.11. The van der Waals surface area contributed by atoms with Crippen molar-refractivity contribution in [3.8, 4) is 0 Å². The number of esters is 1. The van der Waals surface area contributed by atoms with E-state index in [9.17, 15) is 9.59 Å². The predicted molar refractivity (Wildman–Crippen MR) is 98.2 cm³/mol. The molecule has 26 heavy (non-hydrogen) atoms. The van der Waals surface area contributed by atoms with Crippen molar-refractivity contribution in [1.29, 1.82) is 0 Å². The molecule has 3 rings (SSSR count). The van der Waals surface area contributed by atoms with Crippen LogP contribution in [0.3, 0.4) is 0 Å². The van der Waals surface area contributed by atoms with E-state index in [1.807, 2.05) is 22.6 Å². The number of aromatic nitrogens is 2. The van der Waals surface area contributed by atoms with Crippen LogP contribution in [0.15, 0.2) is 24.5 Å². The zero-order valence-electron chi connectivity index (χ0n) is 15.9. The largest absolute Gasteiger partial charge is 0.466 e. The number of rotatable bonds is 6. The first-order chi connectivity index (χ1) is 12.5. The SMILES string of the molecule is CCOC(=O)[C@@H]1[C@H]2CN(C(=O)CCn3ccnc3CC)C[C@@H]2C=C[C@@H]1C. The number of ether oxygens (including phenoxy) is 1. The lowest BCUT2D eigenvalue weighted by Crippen LogP contribution is -2.37. The number of hydrogen-bond acceptors (Lipinski definition) is 4. The number of hydrogen-bond donors (Lipinski definition) is 0. The Kier molecular flexibility index (Phi) is 5.79. The van der Waals surface area contributed by atoms with Gasteiger partial charge in [-0.25, -0.2) is 4.98 Å². The molecule has 6 nitrogen and oxygen atoms in total. The summed E-state index contributed by atoms with van der Waals surface area (Å²) in [5.41, 5.74) is 0. The Morgan fingerprint density at radius 3 is 2.81 bits per heavy atom. The molecule has 0 bridgehead atoms. The first kappa shape index (κ1) is 18.7. The lowest BCUT2D eigenvalue weighted by Gasteiger charge is -2.31. The molecular formula is C20H29N3O3. The first-order valence-corrected chi connectivity index (χ1v) is 9.67. The smallest absolute Gasteiger partial charge is 0.309 e. The number of allylic oxidation sites excluding steroid dienone is 1. The number of nitrogens with zero attached hydrogens (tertiary/aromatic N) is 3. The molecule has 4 atom stereocenters. The normalized spacial score (nSPS) is 27.4. The van der Waals surface area contributed by atoms with E-state index in [1.54, 1.807) is 6.20 Å².